The molecule has 0 saturated heterocycles. The molecule has 1 aromatic carbocycles. The molecule has 0 aliphatic rings. The second-order valence-corrected chi connectivity index (χ2v) is 7.56. The van der Waals surface area contributed by atoms with Crippen LogP contribution in [0.5, 0.6) is 0 Å². The predicted octanol–water partition coefficient (Wildman–Crippen LogP) is 7.50. The topological polar surface area (TPSA) is 0 Å². The number of allylic oxidation sites excluding steroid dienone is 4. The summed E-state index contributed by atoms with van der Waals surface area (Å²) in [7, 11) is -10.1. The van der Waals surface area contributed by atoms with Gasteiger partial charge in [-0.15, -0.1) is 0 Å². The molecule has 0 aliphatic carbocycles. The van der Waals surface area contributed by atoms with Crippen molar-refractivity contribution < 1.29 is 23.8 Å². The summed E-state index contributed by atoms with van der Waals surface area (Å²) in [5, 5.41) is 0. The molecule has 0 N–H and O–H groups in total. The number of halogens is 6. The molecular formula is C16H20F6S. The third-order valence-corrected chi connectivity index (χ3v) is 4.49. The zero-order valence-electron chi connectivity index (χ0n) is 13.0. The first-order valence-electron chi connectivity index (χ1n) is 7.17. The monoisotopic (exact) mass is 358 g/mol. The summed E-state index contributed by atoms with van der Waals surface area (Å²) in [6, 6.07) is 2.13. The van der Waals surface area contributed by atoms with Crippen LogP contribution in [0.3, 0.4) is 0 Å². The van der Waals surface area contributed by atoms with Gasteiger partial charge in [0, 0.05) is 0 Å². The van der Waals surface area contributed by atoms with E-state index in [1.165, 1.54) is 0 Å². The van der Waals surface area contributed by atoms with Gasteiger partial charge in [0.15, 0.2) is 0 Å². The predicted molar refractivity (Wildman–Crippen MR) is 84.1 cm³/mol. The summed E-state index contributed by atoms with van der Waals surface area (Å²) in [4.78, 5) is -2.35. The van der Waals surface area contributed by atoms with Crippen molar-refractivity contribution >= 4 is 10.2 Å². The summed E-state index contributed by atoms with van der Waals surface area (Å²) in [6.07, 6.45) is 6.51. The van der Waals surface area contributed by atoms with Crippen LogP contribution in [0.2, 0.25) is 0 Å². The van der Waals surface area contributed by atoms with Gasteiger partial charge in [-0.25, -0.2) is 4.39 Å². The van der Waals surface area contributed by atoms with Crippen molar-refractivity contribution in [3.05, 3.63) is 53.4 Å². The molecule has 7 heteroatoms. The van der Waals surface area contributed by atoms with Crippen molar-refractivity contribution in [3.63, 3.8) is 0 Å². The largest absolute Gasteiger partial charge is 0.313 e. The molecule has 0 aromatic heterocycles. The molecule has 0 amide bonds. The van der Waals surface area contributed by atoms with Gasteiger partial charge in [0.25, 0.3) is 0 Å². The van der Waals surface area contributed by atoms with Crippen LogP contribution >= 0.6 is 10.2 Å². The summed E-state index contributed by atoms with van der Waals surface area (Å²) in [6.45, 7) is 3.37. The minimum atomic E-state index is -10.1. The molecule has 0 spiro atoms. The molecule has 0 nitrogen and oxygen atoms in total. The van der Waals surface area contributed by atoms with Gasteiger partial charge in [0.2, 0.25) is 0 Å². The van der Waals surface area contributed by atoms with E-state index < -0.39 is 26.5 Å². The zero-order chi connectivity index (χ0) is 17.8. The van der Waals surface area contributed by atoms with Crippen LogP contribution in [0.1, 0.15) is 37.8 Å². The number of benzene rings is 1. The van der Waals surface area contributed by atoms with E-state index in [2.05, 4.69) is 0 Å². The molecule has 0 fully saturated rings. The summed E-state index contributed by atoms with van der Waals surface area (Å²) >= 11 is 0. The average molecular weight is 358 g/mol. The van der Waals surface area contributed by atoms with E-state index in [0.29, 0.717) is 0 Å². The Labute approximate surface area is 132 Å². The van der Waals surface area contributed by atoms with Crippen molar-refractivity contribution in [2.24, 2.45) is 0 Å². The first-order valence-corrected chi connectivity index (χ1v) is 9.12. The maximum atomic E-state index is 14.2. The lowest BCUT2D eigenvalue weighted by atomic mass is 10.0. The fourth-order valence-electron chi connectivity index (χ4n) is 2.25. The van der Waals surface area contributed by atoms with Crippen LogP contribution in [0.4, 0.5) is 23.8 Å². The molecule has 0 atom stereocenters. The van der Waals surface area contributed by atoms with Crippen molar-refractivity contribution in [2.75, 3.05) is 0 Å². The highest BCUT2D eigenvalue weighted by Crippen LogP contribution is 3.02. The Balaban J connectivity index is 3.42. The molecule has 132 valence electrons. The van der Waals surface area contributed by atoms with Gasteiger partial charge < -0.3 is 0 Å². The highest BCUT2D eigenvalue weighted by atomic mass is 32.5. The number of hydrogen-bond acceptors (Lipinski definition) is 0. The third-order valence-electron chi connectivity index (χ3n) is 3.28. The quantitative estimate of drug-likeness (QED) is 0.350. The maximum Gasteiger partial charge on any atom is 0.313 e. The van der Waals surface area contributed by atoms with E-state index in [-0.39, 0.29) is 31.2 Å². The second-order valence-electron chi connectivity index (χ2n) is 5.21. The maximum absolute atomic E-state index is 14.2. The Bertz CT molecular complexity index is 613. The van der Waals surface area contributed by atoms with E-state index in [1.54, 1.807) is 38.2 Å². The standard InChI is InChI=1S/C16H20F6S/c1-3-5-7-9-13-11-12-14(10-8-6-4-2)16(15(13)17)23(18,19,20,21)22/h3-6,11-12H,7-10H2,1-2H3/b5-3+,6-4+. The lowest BCUT2D eigenvalue weighted by molar-refractivity contribution is 0.352. The normalized spacial score (nSPS) is 16.0. The zero-order valence-corrected chi connectivity index (χ0v) is 13.8. The van der Waals surface area contributed by atoms with Crippen LogP contribution < -0.4 is 0 Å². The van der Waals surface area contributed by atoms with Crippen LogP contribution in [0.15, 0.2) is 41.3 Å². The van der Waals surface area contributed by atoms with Crippen molar-refractivity contribution in [1.29, 1.82) is 0 Å². The minimum absolute atomic E-state index is 0.0633. The highest BCUT2D eigenvalue weighted by Gasteiger charge is 2.68. The fraction of sp³-hybridized carbons (Fsp3) is 0.375. The first kappa shape index (κ1) is 19.7. The van der Waals surface area contributed by atoms with E-state index in [1.807, 2.05) is 0 Å². The van der Waals surface area contributed by atoms with E-state index in [9.17, 15) is 23.8 Å². The molecule has 23 heavy (non-hydrogen) atoms. The Morgan fingerprint density at radius 1 is 0.826 bits per heavy atom. The van der Waals surface area contributed by atoms with E-state index in [0.717, 1.165) is 12.1 Å². The lowest BCUT2D eigenvalue weighted by Gasteiger charge is -2.42. The molecule has 0 radical (unpaired) electrons. The molecule has 1 aromatic rings. The van der Waals surface area contributed by atoms with Crippen molar-refractivity contribution in [1.82, 2.24) is 0 Å². The third kappa shape index (κ3) is 5.64. The van der Waals surface area contributed by atoms with E-state index in [4.69, 9.17) is 0 Å². The number of rotatable bonds is 7. The first-order chi connectivity index (χ1) is 10.4. The SMILES string of the molecule is C/C=C/CCc1ccc(CC/C=C/C)c(S(F)(F)(F)(F)F)c1F. The second kappa shape index (κ2) is 6.26. The van der Waals surface area contributed by atoms with Gasteiger partial charge in [0.05, 0.1) is 0 Å². The smallest absolute Gasteiger partial charge is 0.205 e. The molecule has 1 rings (SSSR count). The average Bonchev–Trinajstić information content (AvgIpc) is 2.38. The molecular weight excluding hydrogens is 338 g/mol. The number of hydrogen-bond donors (Lipinski definition) is 0. The lowest BCUT2D eigenvalue weighted by Crippen LogP contribution is -2.14. The van der Waals surface area contributed by atoms with Gasteiger partial charge in [-0.3, -0.25) is 0 Å². The highest BCUT2D eigenvalue weighted by molar-refractivity contribution is 8.45. The van der Waals surface area contributed by atoms with Crippen LogP contribution in [0, 0.1) is 5.82 Å². The Kier molecular flexibility index (Phi) is 5.36. The van der Waals surface area contributed by atoms with Gasteiger partial charge in [-0.1, -0.05) is 55.9 Å². The Morgan fingerprint density at radius 2 is 1.26 bits per heavy atom. The molecule has 0 bridgehead atoms. The number of aryl methyl sites for hydroxylation is 2. The summed E-state index contributed by atoms with van der Waals surface area (Å²) in [5.74, 6) is -1.84. The summed E-state index contributed by atoms with van der Waals surface area (Å²) < 4.78 is 80.6. The summed E-state index contributed by atoms with van der Waals surface area (Å²) in [5.41, 5.74) is -1.05. The Morgan fingerprint density at radius 3 is 1.70 bits per heavy atom. The van der Waals surface area contributed by atoms with Gasteiger partial charge in [-0.2, -0.15) is 0 Å². The van der Waals surface area contributed by atoms with Crippen molar-refractivity contribution in [3.8, 4) is 0 Å². The van der Waals surface area contributed by atoms with Crippen LogP contribution in [-0.4, -0.2) is 0 Å². The van der Waals surface area contributed by atoms with Crippen molar-refractivity contribution in [2.45, 2.75) is 44.4 Å². The fourth-order valence-corrected chi connectivity index (χ4v) is 3.39. The van der Waals surface area contributed by atoms with Crippen LogP contribution in [-0.2, 0) is 12.8 Å². The van der Waals surface area contributed by atoms with Gasteiger partial charge in [-0.05, 0) is 50.7 Å². The molecule has 0 aliphatic heterocycles. The molecule has 0 unspecified atom stereocenters. The minimum Gasteiger partial charge on any atom is -0.205 e. The van der Waals surface area contributed by atoms with Gasteiger partial charge >= 0.3 is 10.2 Å². The Hall–Kier alpha value is -1.37. The molecule has 0 heterocycles. The van der Waals surface area contributed by atoms with E-state index >= 15 is 0 Å². The molecule has 0 saturated carbocycles. The van der Waals surface area contributed by atoms with Crippen LogP contribution in [0.25, 0.3) is 0 Å². The van der Waals surface area contributed by atoms with Gasteiger partial charge in [0.1, 0.15) is 10.7 Å².